The molecule has 0 fully saturated rings. The number of allylic oxidation sites excluding steroid dienone is 1. The Bertz CT molecular complexity index is 902. The summed E-state index contributed by atoms with van der Waals surface area (Å²) in [7, 11) is 6.34. The largest absolute Gasteiger partial charge is 0.496 e. The molecule has 6 nitrogen and oxygen atoms in total. The average Bonchev–Trinajstić information content (AvgIpc) is 2.74. The van der Waals surface area contributed by atoms with Gasteiger partial charge in [0.05, 0.1) is 39.2 Å². The fraction of sp³-hybridized carbons (Fsp3) is 0.409. The van der Waals surface area contributed by atoms with E-state index in [-0.39, 0.29) is 11.3 Å². The van der Waals surface area contributed by atoms with Gasteiger partial charge in [-0.2, -0.15) is 0 Å². The second-order valence-electron chi connectivity index (χ2n) is 6.55. The molecule has 2 aromatic carbocycles. The van der Waals surface area contributed by atoms with E-state index in [1.807, 2.05) is 38.1 Å². The van der Waals surface area contributed by atoms with E-state index in [1.165, 1.54) is 0 Å². The van der Waals surface area contributed by atoms with Gasteiger partial charge >= 0.3 is 5.97 Å². The van der Waals surface area contributed by atoms with Crippen molar-refractivity contribution in [3.63, 3.8) is 0 Å². The zero-order valence-corrected chi connectivity index (χ0v) is 19.2. The first-order valence-electron chi connectivity index (χ1n) is 9.10. The predicted molar refractivity (Wildman–Crippen MR) is 117 cm³/mol. The third-order valence-corrected chi connectivity index (χ3v) is 4.94. The van der Waals surface area contributed by atoms with Crippen molar-refractivity contribution >= 4 is 32.7 Å². The maximum atomic E-state index is 12.1. The average molecular weight is 467 g/mol. The molecule has 0 saturated carbocycles. The second kappa shape index (κ2) is 10.4. The zero-order chi connectivity index (χ0) is 21.6. The molecule has 1 atom stereocenters. The Morgan fingerprint density at radius 1 is 0.966 bits per heavy atom. The van der Waals surface area contributed by atoms with Crippen molar-refractivity contribution in [1.29, 1.82) is 0 Å². The number of hydrogen-bond donors (Lipinski definition) is 0. The number of carbonyl (C=O) groups excluding carboxylic acids is 1. The Balaban J connectivity index is 2.85. The molecular weight excluding hydrogens is 440 g/mol. The molecule has 0 aromatic heterocycles. The minimum atomic E-state index is -0.556. The number of methoxy groups -OCH3 is 4. The molecule has 2 rings (SSSR count). The van der Waals surface area contributed by atoms with Crippen LogP contribution in [0.3, 0.4) is 0 Å². The van der Waals surface area contributed by atoms with Crippen molar-refractivity contribution in [3.05, 3.63) is 35.4 Å². The lowest BCUT2D eigenvalue weighted by atomic mass is 9.97. The van der Waals surface area contributed by atoms with Crippen LogP contribution in [0, 0.1) is 0 Å². The fourth-order valence-corrected chi connectivity index (χ4v) is 3.32. The number of hydrogen-bond acceptors (Lipinski definition) is 6. The lowest BCUT2D eigenvalue weighted by Gasteiger charge is -2.23. The molecule has 0 heterocycles. The SMILES string of the molecule is COc1ccc(OC)c2c(OC)c(C(CC=C(C)C)OC(=O)CBr)cc(OC)c12. The van der Waals surface area contributed by atoms with E-state index in [2.05, 4.69) is 15.9 Å². The van der Waals surface area contributed by atoms with Gasteiger partial charge in [-0.25, -0.2) is 0 Å². The maximum Gasteiger partial charge on any atom is 0.317 e. The summed E-state index contributed by atoms with van der Waals surface area (Å²) in [5.74, 6) is 1.98. The van der Waals surface area contributed by atoms with Gasteiger partial charge in [0.1, 0.15) is 34.4 Å². The van der Waals surface area contributed by atoms with Crippen molar-refractivity contribution in [2.24, 2.45) is 0 Å². The quantitative estimate of drug-likeness (QED) is 0.287. The molecule has 0 aliphatic heterocycles. The first-order chi connectivity index (χ1) is 13.9. The topological polar surface area (TPSA) is 63.2 Å². The molecular formula is C22H27BrO6. The van der Waals surface area contributed by atoms with Crippen molar-refractivity contribution < 1.29 is 28.5 Å². The Labute approximate surface area is 179 Å². The van der Waals surface area contributed by atoms with Gasteiger partial charge in [-0.15, -0.1) is 0 Å². The predicted octanol–water partition coefficient (Wildman–Crippen LogP) is 5.21. The first kappa shape index (κ1) is 22.9. The number of alkyl halides is 1. The zero-order valence-electron chi connectivity index (χ0n) is 17.6. The van der Waals surface area contributed by atoms with Crippen LogP contribution in [0.4, 0.5) is 0 Å². The molecule has 7 heteroatoms. The van der Waals surface area contributed by atoms with E-state index < -0.39 is 6.10 Å². The van der Waals surface area contributed by atoms with Crippen LogP contribution < -0.4 is 18.9 Å². The monoisotopic (exact) mass is 466 g/mol. The number of benzene rings is 2. The molecule has 0 aliphatic carbocycles. The molecule has 0 bridgehead atoms. The third-order valence-electron chi connectivity index (χ3n) is 4.48. The molecule has 0 saturated heterocycles. The van der Waals surface area contributed by atoms with Crippen LogP contribution in [-0.2, 0) is 9.53 Å². The van der Waals surface area contributed by atoms with Crippen LogP contribution in [0.15, 0.2) is 29.8 Å². The summed E-state index contributed by atoms with van der Waals surface area (Å²) in [5, 5.41) is 1.52. The van der Waals surface area contributed by atoms with Crippen LogP contribution in [-0.4, -0.2) is 39.7 Å². The number of carbonyl (C=O) groups is 1. The van der Waals surface area contributed by atoms with Crippen molar-refractivity contribution in [3.8, 4) is 23.0 Å². The Morgan fingerprint density at radius 2 is 1.55 bits per heavy atom. The maximum absolute atomic E-state index is 12.1. The number of rotatable bonds is 9. The number of fused-ring (bicyclic) bond motifs is 1. The smallest absolute Gasteiger partial charge is 0.317 e. The lowest BCUT2D eigenvalue weighted by molar-refractivity contribution is -0.145. The number of ether oxygens (including phenoxy) is 5. The van der Waals surface area contributed by atoms with Gasteiger partial charge in [-0.05, 0) is 32.0 Å². The van der Waals surface area contributed by atoms with Gasteiger partial charge in [0.25, 0.3) is 0 Å². The molecule has 1 unspecified atom stereocenters. The summed E-state index contributed by atoms with van der Waals surface area (Å²) in [6, 6.07) is 5.45. The van der Waals surface area contributed by atoms with Gasteiger partial charge < -0.3 is 23.7 Å². The summed E-state index contributed by atoms with van der Waals surface area (Å²) in [6.45, 7) is 3.99. The van der Waals surface area contributed by atoms with Crippen LogP contribution in [0.1, 0.15) is 31.9 Å². The van der Waals surface area contributed by atoms with Gasteiger partial charge in [0, 0.05) is 12.0 Å². The molecule has 0 amide bonds. The molecule has 0 N–H and O–H groups in total. The summed E-state index contributed by atoms with van der Waals surface area (Å²) in [6.07, 6.45) is 1.96. The van der Waals surface area contributed by atoms with Crippen LogP contribution in [0.25, 0.3) is 10.8 Å². The first-order valence-corrected chi connectivity index (χ1v) is 10.2. The number of halogens is 1. The van der Waals surface area contributed by atoms with E-state index in [4.69, 9.17) is 23.7 Å². The minimum absolute atomic E-state index is 0.0997. The van der Waals surface area contributed by atoms with Crippen LogP contribution in [0.5, 0.6) is 23.0 Å². The van der Waals surface area contributed by atoms with Crippen LogP contribution >= 0.6 is 15.9 Å². The summed E-state index contributed by atoms with van der Waals surface area (Å²) in [5.41, 5.74) is 1.81. The summed E-state index contributed by atoms with van der Waals surface area (Å²) in [4.78, 5) is 12.1. The molecule has 0 radical (unpaired) electrons. The standard InChI is InChI=1S/C22H27BrO6/c1-13(2)7-8-15(29-19(24)12-23)14-11-18(27-5)20-16(25-3)9-10-17(26-4)21(20)22(14)28-6/h7,9-11,15H,8,12H2,1-6H3. The van der Waals surface area contributed by atoms with Crippen molar-refractivity contribution in [1.82, 2.24) is 0 Å². The Hall–Kier alpha value is -2.41. The van der Waals surface area contributed by atoms with Gasteiger partial charge in [-0.3, -0.25) is 4.79 Å². The molecule has 2 aromatic rings. The van der Waals surface area contributed by atoms with Crippen molar-refractivity contribution in [2.75, 3.05) is 33.8 Å². The van der Waals surface area contributed by atoms with E-state index in [1.54, 1.807) is 28.4 Å². The molecule has 0 spiro atoms. The highest BCUT2D eigenvalue weighted by molar-refractivity contribution is 9.09. The Morgan fingerprint density at radius 3 is 2.03 bits per heavy atom. The highest BCUT2D eigenvalue weighted by Crippen LogP contribution is 2.48. The fourth-order valence-electron chi connectivity index (χ4n) is 3.19. The Kier molecular flexibility index (Phi) is 8.20. The third kappa shape index (κ3) is 4.96. The normalized spacial score (nSPS) is 11.6. The van der Waals surface area contributed by atoms with E-state index in [0.717, 1.165) is 11.0 Å². The number of esters is 1. The molecule has 158 valence electrons. The highest BCUT2D eigenvalue weighted by Gasteiger charge is 2.26. The molecule has 0 aliphatic rings. The van der Waals surface area contributed by atoms with Gasteiger partial charge in [-0.1, -0.05) is 27.6 Å². The lowest BCUT2D eigenvalue weighted by Crippen LogP contribution is -2.13. The van der Waals surface area contributed by atoms with Gasteiger partial charge in [0.15, 0.2) is 0 Å². The van der Waals surface area contributed by atoms with E-state index in [9.17, 15) is 4.79 Å². The summed E-state index contributed by atoms with van der Waals surface area (Å²) < 4.78 is 28.3. The minimum Gasteiger partial charge on any atom is -0.496 e. The highest BCUT2D eigenvalue weighted by atomic mass is 79.9. The van der Waals surface area contributed by atoms with Crippen molar-refractivity contribution in [2.45, 2.75) is 26.4 Å². The van der Waals surface area contributed by atoms with E-state index in [0.29, 0.717) is 40.4 Å². The summed E-state index contributed by atoms with van der Waals surface area (Å²) >= 11 is 3.16. The van der Waals surface area contributed by atoms with Gasteiger partial charge in [0.2, 0.25) is 0 Å². The van der Waals surface area contributed by atoms with Crippen LogP contribution in [0.2, 0.25) is 0 Å². The van der Waals surface area contributed by atoms with E-state index >= 15 is 0 Å². The molecule has 29 heavy (non-hydrogen) atoms. The second-order valence-corrected chi connectivity index (χ2v) is 7.11.